The van der Waals surface area contributed by atoms with Crippen LogP contribution in [0.5, 0.6) is 0 Å². The van der Waals surface area contributed by atoms with E-state index in [4.69, 9.17) is 11.6 Å². The van der Waals surface area contributed by atoms with Crippen molar-refractivity contribution in [3.63, 3.8) is 0 Å². The van der Waals surface area contributed by atoms with Crippen LogP contribution in [-0.2, 0) is 6.42 Å². The first-order chi connectivity index (χ1) is 9.50. The van der Waals surface area contributed by atoms with E-state index in [0.29, 0.717) is 17.1 Å². The highest BCUT2D eigenvalue weighted by molar-refractivity contribution is 6.30. The van der Waals surface area contributed by atoms with E-state index < -0.39 is 5.54 Å². The summed E-state index contributed by atoms with van der Waals surface area (Å²) < 4.78 is 13.2. The van der Waals surface area contributed by atoms with Crippen LogP contribution in [0.3, 0.4) is 0 Å². The molecule has 0 saturated heterocycles. The predicted molar refractivity (Wildman–Crippen MR) is 79.2 cm³/mol. The van der Waals surface area contributed by atoms with Crippen molar-refractivity contribution in [2.75, 3.05) is 5.32 Å². The maximum absolute atomic E-state index is 13.2. The average Bonchev–Trinajstić information content (AvgIpc) is 2.41. The maximum atomic E-state index is 13.2. The van der Waals surface area contributed by atoms with Crippen LogP contribution in [0.1, 0.15) is 12.5 Å². The molecule has 20 heavy (non-hydrogen) atoms. The van der Waals surface area contributed by atoms with Crippen LogP contribution in [0.15, 0.2) is 48.5 Å². The van der Waals surface area contributed by atoms with Gasteiger partial charge in [-0.05, 0) is 42.8 Å². The van der Waals surface area contributed by atoms with Crippen LogP contribution in [0.4, 0.5) is 10.1 Å². The van der Waals surface area contributed by atoms with Crippen LogP contribution >= 0.6 is 11.6 Å². The van der Waals surface area contributed by atoms with Gasteiger partial charge in [0.15, 0.2) is 0 Å². The Labute approximate surface area is 122 Å². The van der Waals surface area contributed by atoms with E-state index in [1.807, 2.05) is 12.1 Å². The summed E-state index contributed by atoms with van der Waals surface area (Å²) in [5.74, 6) is -0.332. The lowest BCUT2D eigenvalue weighted by Crippen LogP contribution is -2.35. The summed E-state index contributed by atoms with van der Waals surface area (Å²) in [4.78, 5) is 0. The van der Waals surface area contributed by atoms with Crippen molar-refractivity contribution in [2.45, 2.75) is 18.9 Å². The number of nitrogens with one attached hydrogen (secondary N) is 1. The highest BCUT2D eigenvalue weighted by Crippen LogP contribution is 2.21. The summed E-state index contributed by atoms with van der Waals surface area (Å²) in [5.41, 5.74) is 0.757. The Bertz CT molecular complexity index is 634. The maximum Gasteiger partial charge on any atom is 0.126 e. The topological polar surface area (TPSA) is 35.8 Å². The zero-order chi connectivity index (χ0) is 14.6. The SMILES string of the molecule is CC(C#N)(Cc1ccc(Cl)cc1)Nc1cccc(F)c1. The van der Waals surface area contributed by atoms with E-state index in [9.17, 15) is 9.65 Å². The molecule has 0 fully saturated rings. The van der Waals surface area contributed by atoms with Crippen LogP contribution in [-0.4, -0.2) is 5.54 Å². The molecule has 0 heterocycles. The normalized spacial score (nSPS) is 13.3. The average molecular weight is 289 g/mol. The Morgan fingerprint density at radius 3 is 2.55 bits per heavy atom. The van der Waals surface area contributed by atoms with Gasteiger partial charge in [0.05, 0.1) is 6.07 Å². The van der Waals surface area contributed by atoms with Crippen LogP contribution in [0, 0.1) is 17.1 Å². The van der Waals surface area contributed by atoms with E-state index in [-0.39, 0.29) is 5.82 Å². The molecule has 0 aliphatic heterocycles. The number of rotatable bonds is 4. The van der Waals surface area contributed by atoms with Crippen molar-refractivity contribution < 1.29 is 4.39 Å². The molecule has 0 bridgehead atoms. The molecule has 0 spiro atoms. The van der Waals surface area contributed by atoms with Gasteiger partial charge in [0.25, 0.3) is 0 Å². The van der Waals surface area contributed by atoms with Crippen molar-refractivity contribution in [3.8, 4) is 6.07 Å². The molecular weight excluding hydrogens is 275 g/mol. The minimum atomic E-state index is -0.818. The molecule has 1 atom stereocenters. The molecule has 0 radical (unpaired) electrons. The van der Waals surface area contributed by atoms with Gasteiger partial charge in [-0.15, -0.1) is 0 Å². The van der Waals surface area contributed by atoms with Crippen molar-refractivity contribution >= 4 is 17.3 Å². The Balaban J connectivity index is 2.17. The fourth-order valence-corrected chi connectivity index (χ4v) is 2.13. The molecule has 1 unspecified atom stereocenters. The van der Waals surface area contributed by atoms with Crippen molar-refractivity contribution in [2.24, 2.45) is 0 Å². The number of halogens is 2. The van der Waals surface area contributed by atoms with Gasteiger partial charge in [-0.2, -0.15) is 5.26 Å². The van der Waals surface area contributed by atoms with Gasteiger partial charge in [0.1, 0.15) is 11.4 Å². The van der Waals surface area contributed by atoms with Gasteiger partial charge in [-0.3, -0.25) is 0 Å². The minimum Gasteiger partial charge on any atom is -0.367 e. The van der Waals surface area contributed by atoms with Gasteiger partial charge in [-0.25, -0.2) is 4.39 Å². The lowest BCUT2D eigenvalue weighted by molar-refractivity contribution is 0.622. The summed E-state index contributed by atoms with van der Waals surface area (Å²) in [7, 11) is 0. The Hall–Kier alpha value is -2.05. The van der Waals surface area contributed by atoms with Gasteiger partial charge >= 0.3 is 0 Å². The summed E-state index contributed by atoms with van der Waals surface area (Å²) in [6, 6.07) is 15.7. The third-order valence-electron chi connectivity index (χ3n) is 2.96. The third kappa shape index (κ3) is 3.72. The molecular formula is C16H14ClFN2. The first-order valence-corrected chi connectivity index (χ1v) is 6.58. The summed E-state index contributed by atoms with van der Waals surface area (Å²) in [6.45, 7) is 1.78. The highest BCUT2D eigenvalue weighted by atomic mass is 35.5. The molecule has 0 aliphatic carbocycles. The first kappa shape index (κ1) is 14.4. The molecule has 102 valence electrons. The fourth-order valence-electron chi connectivity index (χ4n) is 2.01. The Kier molecular flexibility index (Phi) is 4.26. The van der Waals surface area contributed by atoms with E-state index in [2.05, 4.69) is 11.4 Å². The van der Waals surface area contributed by atoms with Crippen molar-refractivity contribution in [3.05, 3.63) is 64.9 Å². The molecule has 0 saturated carbocycles. The molecule has 2 rings (SSSR count). The minimum absolute atomic E-state index is 0.332. The van der Waals surface area contributed by atoms with E-state index in [1.165, 1.54) is 12.1 Å². The monoisotopic (exact) mass is 288 g/mol. The smallest absolute Gasteiger partial charge is 0.126 e. The molecule has 0 aliphatic rings. The highest BCUT2D eigenvalue weighted by Gasteiger charge is 2.24. The Morgan fingerprint density at radius 2 is 1.95 bits per heavy atom. The second-order valence-corrected chi connectivity index (χ2v) is 5.32. The molecule has 1 N–H and O–H groups in total. The van der Waals surface area contributed by atoms with Crippen molar-refractivity contribution in [1.82, 2.24) is 0 Å². The zero-order valence-electron chi connectivity index (χ0n) is 11.0. The molecule has 0 amide bonds. The van der Waals surface area contributed by atoms with Crippen molar-refractivity contribution in [1.29, 1.82) is 5.26 Å². The van der Waals surface area contributed by atoms with Gasteiger partial charge in [0.2, 0.25) is 0 Å². The first-order valence-electron chi connectivity index (χ1n) is 6.20. The van der Waals surface area contributed by atoms with E-state index in [0.717, 1.165) is 5.56 Å². The molecule has 2 nitrogen and oxygen atoms in total. The number of nitriles is 1. The van der Waals surface area contributed by atoms with Gasteiger partial charge in [-0.1, -0.05) is 29.8 Å². The second-order valence-electron chi connectivity index (χ2n) is 4.88. The number of hydrogen-bond donors (Lipinski definition) is 1. The predicted octanol–water partition coefficient (Wildman–Crippen LogP) is 4.42. The number of anilines is 1. The second kappa shape index (κ2) is 5.94. The van der Waals surface area contributed by atoms with E-state index >= 15 is 0 Å². The van der Waals surface area contributed by atoms with Gasteiger partial charge in [0, 0.05) is 17.1 Å². The number of benzene rings is 2. The standard InChI is InChI=1S/C16H14ClFN2/c1-16(11-19,10-12-5-7-13(17)8-6-12)20-15-4-2-3-14(18)9-15/h2-9,20H,10H2,1H3. The van der Waals surface area contributed by atoms with Gasteiger partial charge < -0.3 is 5.32 Å². The van der Waals surface area contributed by atoms with Crippen LogP contribution in [0.25, 0.3) is 0 Å². The zero-order valence-corrected chi connectivity index (χ0v) is 11.8. The number of nitrogens with zero attached hydrogens (tertiary/aromatic N) is 1. The molecule has 2 aromatic rings. The third-order valence-corrected chi connectivity index (χ3v) is 3.21. The summed E-state index contributed by atoms with van der Waals surface area (Å²) >= 11 is 5.84. The number of hydrogen-bond acceptors (Lipinski definition) is 2. The molecule has 0 aromatic heterocycles. The van der Waals surface area contributed by atoms with Crippen LogP contribution in [0.2, 0.25) is 5.02 Å². The summed E-state index contributed by atoms with van der Waals surface area (Å²) in [6.07, 6.45) is 0.497. The van der Waals surface area contributed by atoms with Crippen LogP contribution < -0.4 is 5.32 Å². The fraction of sp³-hybridized carbons (Fsp3) is 0.188. The molecule has 4 heteroatoms. The summed E-state index contributed by atoms with van der Waals surface area (Å²) in [5, 5.41) is 13.1. The lowest BCUT2D eigenvalue weighted by Gasteiger charge is -2.24. The van der Waals surface area contributed by atoms with E-state index in [1.54, 1.807) is 31.2 Å². The Morgan fingerprint density at radius 1 is 1.25 bits per heavy atom. The quantitative estimate of drug-likeness (QED) is 0.904. The largest absolute Gasteiger partial charge is 0.367 e. The lowest BCUT2D eigenvalue weighted by atomic mass is 9.94. The molecule has 2 aromatic carbocycles.